The van der Waals surface area contributed by atoms with Crippen LogP contribution in [0.4, 0.5) is 4.39 Å². The molecule has 2 aromatic heterocycles. The number of nitrogens with zero attached hydrogens (tertiary/aromatic N) is 3. The number of benzene rings is 1. The summed E-state index contributed by atoms with van der Waals surface area (Å²) in [5, 5.41) is 10.3. The van der Waals surface area contributed by atoms with Crippen LogP contribution in [0.5, 0.6) is 5.75 Å². The highest BCUT2D eigenvalue weighted by Gasteiger charge is 2.29. The molecule has 0 fully saturated rings. The van der Waals surface area contributed by atoms with E-state index in [9.17, 15) is 19.1 Å². The van der Waals surface area contributed by atoms with Crippen LogP contribution in [0.2, 0.25) is 0 Å². The minimum atomic E-state index is -0.857. The highest BCUT2D eigenvalue weighted by Crippen LogP contribution is 2.32. The summed E-state index contributed by atoms with van der Waals surface area (Å²) in [7, 11) is 1.44. The van der Waals surface area contributed by atoms with E-state index in [0.29, 0.717) is 44.3 Å². The van der Waals surface area contributed by atoms with E-state index in [1.165, 1.54) is 7.11 Å². The summed E-state index contributed by atoms with van der Waals surface area (Å²) in [6, 6.07) is 8.99. The number of carbonyl (C=O) groups excluding carboxylic acids is 1. The monoisotopic (exact) mass is 467 g/mol. The van der Waals surface area contributed by atoms with Crippen molar-refractivity contribution in [1.82, 2.24) is 14.5 Å². The summed E-state index contributed by atoms with van der Waals surface area (Å²) in [5.74, 6) is -1.06. The third-order valence-electron chi connectivity index (χ3n) is 6.73. The molecule has 3 aromatic rings. The van der Waals surface area contributed by atoms with Crippen molar-refractivity contribution in [1.29, 1.82) is 0 Å². The van der Waals surface area contributed by atoms with Crippen LogP contribution >= 0.6 is 0 Å². The zero-order valence-electron chi connectivity index (χ0n) is 19.8. The molecule has 0 radical (unpaired) electrons. The Balaban J connectivity index is 1.59. The molecule has 0 unspecified atom stereocenters. The number of rotatable bonds is 8. The fraction of sp³-hybridized carbons (Fsp3) is 0.423. The number of carboxylic acids is 1. The van der Waals surface area contributed by atoms with Crippen molar-refractivity contribution >= 4 is 22.9 Å². The minimum Gasteiger partial charge on any atom is -0.494 e. The molecule has 0 aliphatic carbocycles. The predicted molar refractivity (Wildman–Crippen MR) is 126 cm³/mol. The quantitative estimate of drug-likeness (QED) is 0.531. The van der Waals surface area contributed by atoms with Crippen LogP contribution in [0, 0.1) is 11.2 Å². The molecule has 1 amide bonds. The van der Waals surface area contributed by atoms with Crippen molar-refractivity contribution < 1.29 is 23.8 Å². The van der Waals surface area contributed by atoms with Gasteiger partial charge >= 0.3 is 5.97 Å². The number of aromatic nitrogens is 2. The molecular formula is C26H30FN3O4. The first-order valence-corrected chi connectivity index (χ1v) is 11.5. The number of amides is 1. The highest BCUT2D eigenvalue weighted by atomic mass is 19.1. The number of hydrogen-bond donors (Lipinski definition) is 1. The Labute approximate surface area is 198 Å². The van der Waals surface area contributed by atoms with Gasteiger partial charge in [0.05, 0.1) is 25.6 Å². The summed E-state index contributed by atoms with van der Waals surface area (Å²) >= 11 is 0. The first kappa shape index (κ1) is 23.7. The van der Waals surface area contributed by atoms with Crippen LogP contribution in [-0.4, -0.2) is 45.1 Å². The standard InChI is InChI=1S/C26H30FN3O4/c1-26(2,25(32)33)12-5-10-22(31)29-14-11-18-19-8-6-13-28-24(19)30(20(18)16-29)15-17-7-4-9-21(34-3)23(17)27/h4,6-9,13H,5,10-12,14-16H2,1-3H3,(H,32,33). The Morgan fingerprint density at radius 2 is 2.03 bits per heavy atom. The number of pyridine rings is 1. The molecule has 34 heavy (non-hydrogen) atoms. The summed E-state index contributed by atoms with van der Waals surface area (Å²) in [5.41, 5.74) is 2.51. The number of fused-ring (bicyclic) bond motifs is 3. The summed E-state index contributed by atoms with van der Waals surface area (Å²) in [6.07, 6.45) is 3.67. The Bertz CT molecular complexity index is 1230. The van der Waals surface area contributed by atoms with Crippen LogP contribution in [0.25, 0.3) is 11.0 Å². The average molecular weight is 468 g/mol. The van der Waals surface area contributed by atoms with Gasteiger partial charge in [-0.1, -0.05) is 12.1 Å². The van der Waals surface area contributed by atoms with Crippen molar-refractivity contribution in [2.75, 3.05) is 13.7 Å². The molecule has 180 valence electrons. The van der Waals surface area contributed by atoms with Gasteiger partial charge in [-0.15, -0.1) is 0 Å². The van der Waals surface area contributed by atoms with Gasteiger partial charge in [0.25, 0.3) is 0 Å². The molecule has 3 heterocycles. The lowest BCUT2D eigenvalue weighted by Gasteiger charge is -2.29. The molecule has 1 aromatic carbocycles. The van der Waals surface area contributed by atoms with Crippen LogP contribution in [-0.2, 0) is 29.1 Å². The average Bonchev–Trinajstić information content (AvgIpc) is 3.13. The topological polar surface area (TPSA) is 84.7 Å². The van der Waals surface area contributed by atoms with E-state index in [4.69, 9.17) is 4.74 Å². The van der Waals surface area contributed by atoms with E-state index in [2.05, 4.69) is 4.98 Å². The number of aliphatic carboxylic acids is 1. The molecule has 4 rings (SSSR count). The van der Waals surface area contributed by atoms with Crippen molar-refractivity contribution in [3.05, 3.63) is 59.2 Å². The van der Waals surface area contributed by atoms with Crippen molar-refractivity contribution in [3.8, 4) is 5.75 Å². The van der Waals surface area contributed by atoms with Gasteiger partial charge < -0.3 is 19.3 Å². The van der Waals surface area contributed by atoms with E-state index >= 15 is 0 Å². The lowest BCUT2D eigenvalue weighted by atomic mass is 9.87. The smallest absolute Gasteiger partial charge is 0.309 e. The molecule has 8 heteroatoms. The zero-order chi connectivity index (χ0) is 24.5. The van der Waals surface area contributed by atoms with Gasteiger partial charge in [0.15, 0.2) is 11.6 Å². The summed E-state index contributed by atoms with van der Waals surface area (Å²) in [4.78, 5) is 30.7. The van der Waals surface area contributed by atoms with Gasteiger partial charge in [-0.05, 0) is 56.9 Å². The fourth-order valence-electron chi connectivity index (χ4n) is 4.60. The van der Waals surface area contributed by atoms with Crippen LogP contribution < -0.4 is 4.74 Å². The third kappa shape index (κ3) is 4.49. The van der Waals surface area contributed by atoms with Gasteiger partial charge in [0, 0.05) is 35.8 Å². The van der Waals surface area contributed by atoms with E-state index in [0.717, 1.165) is 22.3 Å². The van der Waals surface area contributed by atoms with E-state index in [1.54, 1.807) is 38.2 Å². The minimum absolute atomic E-state index is 0.00386. The Kier molecular flexibility index (Phi) is 6.59. The maximum Gasteiger partial charge on any atom is 0.309 e. The third-order valence-corrected chi connectivity index (χ3v) is 6.73. The van der Waals surface area contributed by atoms with Crippen molar-refractivity contribution in [3.63, 3.8) is 0 Å². The van der Waals surface area contributed by atoms with Gasteiger partial charge in [-0.2, -0.15) is 0 Å². The van der Waals surface area contributed by atoms with Gasteiger partial charge in [0.1, 0.15) is 5.65 Å². The number of ether oxygens (including phenoxy) is 1. The molecule has 0 saturated heterocycles. The second-order valence-corrected chi connectivity index (χ2v) is 9.43. The molecule has 1 aliphatic heterocycles. The van der Waals surface area contributed by atoms with E-state index in [-0.39, 0.29) is 18.2 Å². The van der Waals surface area contributed by atoms with E-state index < -0.39 is 17.2 Å². The molecule has 0 atom stereocenters. The number of carboxylic acid groups (broad SMARTS) is 1. The fourth-order valence-corrected chi connectivity index (χ4v) is 4.60. The lowest BCUT2D eigenvalue weighted by Crippen LogP contribution is -2.36. The Hall–Kier alpha value is -3.42. The van der Waals surface area contributed by atoms with Crippen LogP contribution in [0.1, 0.15) is 49.9 Å². The molecule has 0 bridgehead atoms. The normalized spacial score (nSPS) is 13.7. The molecule has 0 saturated carbocycles. The van der Waals surface area contributed by atoms with Crippen LogP contribution in [0.15, 0.2) is 36.5 Å². The maximum atomic E-state index is 14.9. The van der Waals surface area contributed by atoms with Gasteiger partial charge in [0.2, 0.25) is 5.91 Å². The number of methoxy groups -OCH3 is 1. The van der Waals surface area contributed by atoms with Crippen LogP contribution in [0.3, 0.4) is 0 Å². The molecule has 0 spiro atoms. The maximum absolute atomic E-state index is 14.9. The predicted octanol–water partition coefficient (Wildman–Crippen LogP) is 4.40. The number of halogens is 1. The highest BCUT2D eigenvalue weighted by molar-refractivity contribution is 5.84. The second-order valence-electron chi connectivity index (χ2n) is 9.43. The molecule has 7 nitrogen and oxygen atoms in total. The second kappa shape index (κ2) is 9.44. The number of hydrogen-bond acceptors (Lipinski definition) is 4. The lowest BCUT2D eigenvalue weighted by molar-refractivity contribution is -0.147. The Morgan fingerprint density at radius 1 is 1.24 bits per heavy atom. The molecular weight excluding hydrogens is 437 g/mol. The summed E-state index contributed by atoms with van der Waals surface area (Å²) in [6.45, 7) is 4.64. The number of carbonyl (C=O) groups is 2. The zero-order valence-corrected chi connectivity index (χ0v) is 19.8. The Morgan fingerprint density at radius 3 is 2.76 bits per heavy atom. The summed E-state index contributed by atoms with van der Waals surface area (Å²) < 4.78 is 22.1. The van der Waals surface area contributed by atoms with Crippen molar-refractivity contribution in [2.45, 2.75) is 52.6 Å². The van der Waals surface area contributed by atoms with Gasteiger partial charge in [-0.25, -0.2) is 9.37 Å². The van der Waals surface area contributed by atoms with Crippen molar-refractivity contribution in [2.24, 2.45) is 5.41 Å². The first-order chi connectivity index (χ1) is 16.2. The van der Waals surface area contributed by atoms with Gasteiger partial charge in [-0.3, -0.25) is 9.59 Å². The SMILES string of the molecule is COc1cccc(Cn2c3c(c4cccnc42)CCN(C(=O)CCCC(C)(C)C(=O)O)C3)c1F. The first-order valence-electron chi connectivity index (χ1n) is 11.5. The van der Waals surface area contributed by atoms with E-state index in [1.807, 2.05) is 21.6 Å². The molecule has 1 N–H and O–H groups in total. The largest absolute Gasteiger partial charge is 0.494 e. The molecule has 1 aliphatic rings.